The monoisotopic (exact) mass is 374 g/mol. The van der Waals surface area contributed by atoms with E-state index in [0.29, 0.717) is 6.07 Å². The van der Waals surface area contributed by atoms with Crippen molar-refractivity contribution in [1.82, 2.24) is 0 Å². The lowest BCUT2D eigenvalue weighted by molar-refractivity contribution is -0.137. The molecule has 0 aromatic heterocycles. The van der Waals surface area contributed by atoms with Gasteiger partial charge in [0.25, 0.3) is 6.43 Å². The number of hydrogen-bond donors (Lipinski definition) is 0. The molecule has 0 aliphatic rings. The van der Waals surface area contributed by atoms with Crippen LogP contribution in [-0.4, -0.2) is 0 Å². The molecule has 8 heteroatoms. The molecule has 0 saturated heterocycles. The summed E-state index contributed by atoms with van der Waals surface area (Å²) in [6.45, 7) is 0. The second-order valence-corrected chi connectivity index (χ2v) is 5.61. The van der Waals surface area contributed by atoms with Crippen LogP contribution in [0.1, 0.15) is 17.6 Å². The van der Waals surface area contributed by atoms with Crippen molar-refractivity contribution in [1.29, 1.82) is 0 Å². The third-order valence-corrected chi connectivity index (χ3v) is 3.86. The van der Waals surface area contributed by atoms with Crippen molar-refractivity contribution in [3.63, 3.8) is 0 Å². The lowest BCUT2D eigenvalue weighted by Gasteiger charge is -2.14. The first-order valence-corrected chi connectivity index (χ1v) is 6.88. The average molecular weight is 376 g/mol. The molecule has 0 atom stereocenters. The molecule has 0 aliphatic carbocycles. The molecule has 0 radical (unpaired) electrons. The van der Waals surface area contributed by atoms with Gasteiger partial charge in [-0.3, -0.25) is 0 Å². The molecular formula is C14H6Cl3F5. The fourth-order valence-corrected chi connectivity index (χ4v) is 2.57. The summed E-state index contributed by atoms with van der Waals surface area (Å²) in [6.07, 6.45) is -7.83. The Morgan fingerprint density at radius 3 is 2.05 bits per heavy atom. The summed E-state index contributed by atoms with van der Waals surface area (Å²) < 4.78 is 64.2. The van der Waals surface area contributed by atoms with E-state index in [1.165, 1.54) is 12.1 Å². The zero-order valence-electron chi connectivity index (χ0n) is 10.5. The van der Waals surface area contributed by atoms with Gasteiger partial charge in [0, 0.05) is 16.1 Å². The molecule has 2 rings (SSSR count). The number of benzene rings is 2. The largest absolute Gasteiger partial charge is 0.416 e. The van der Waals surface area contributed by atoms with Crippen LogP contribution in [0.4, 0.5) is 22.0 Å². The Hall–Kier alpha value is -1.04. The predicted molar refractivity (Wildman–Crippen MR) is 76.9 cm³/mol. The van der Waals surface area contributed by atoms with E-state index in [0.717, 1.165) is 12.1 Å². The van der Waals surface area contributed by atoms with Gasteiger partial charge in [-0.25, -0.2) is 8.78 Å². The molecule has 0 spiro atoms. The lowest BCUT2D eigenvalue weighted by Crippen LogP contribution is -2.06. The topological polar surface area (TPSA) is 0 Å². The van der Waals surface area contributed by atoms with Gasteiger partial charge in [0.1, 0.15) is 0 Å². The fraction of sp³-hybridized carbons (Fsp3) is 0.143. The van der Waals surface area contributed by atoms with Gasteiger partial charge in [0.05, 0.1) is 15.6 Å². The molecule has 0 bridgehead atoms. The smallest absolute Gasteiger partial charge is 0.205 e. The standard InChI is InChI=1S/C14H6Cl3F5/c15-9-4-10(12(17)11(16)5-9)6-1-7(13(18)19)3-8(2-6)14(20,21)22/h1-5,13H. The average Bonchev–Trinajstić information content (AvgIpc) is 2.41. The summed E-state index contributed by atoms with van der Waals surface area (Å²) >= 11 is 17.5. The van der Waals surface area contributed by atoms with E-state index >= 15 is 0 Å². The van der Waals surface area contributed by atoms with E-state index in [4.69, 9.17) is 34.8 Å². The van der Waals surface area contributed by atoms with Crippen LogP contribution >= 0.6 is 34.8 Å². The molecule has 2 aromatic rings. The van der Waals surface area contributed by atoms with Gasteiger partial charge >= 0.3 is 6.18 Å². The van der Waals surface area contributed by atoms with Crippen LogP contribution in [-0.2, 0) is 6.18 Å². The third-order valence-electron chi connectivity index (χ3n) is 2.84. The molecule has 2 aromatic carbocycles. The first-order chi connectivity index (χ1) is 10.1. The zero-order valence-corrected chi connectivity index (χ0v) is 12.8. The number of hydrogen-bond acceptors (Lipinski definition) is 0. The van der Waals surface area contributed by atoms with E-state index < -0.39 is 23.7 Å². The van der Waals surface area contributed by atoms with E-state index in [1.54, 1.807) is 0 Å². The summed E-state index contributed by atoms with van der Waals surface area (Å²) in [5.41, 5.74) is -2.06. The van der Waals surface area contributed by atoms with Crippen molar-refractivity contribution in [2.45, 2.75) is 12.6 Å². The number of rotatable bonds is 2. The Kier molecular flexibility index (Phi) is 4.90. The van der Waals surface area contributed by atoms with Crippen molar-refractivity contribution in [2.75, 3.05) is 0 Å². The minimum Gasteiger partial charge on any atom is -0.205 e. The molecule has 118 valence electrons. The second kappa shape index (κ2) is 6.22. The van der Waals surface area contributed by atoms with Crippen LogP contribution in [0, 0.1) is 0 Å². The van der Waals surface area contributed by atoms with Gasteiger partial charge in [0.15, 0.2) is 0 Å². The molecule has 0 N–H and O–H groups in total. The Bertz CT molecular complexity index is 710. The Labute approximate surface area is 137 Å². The van der Waals surface area contributed by atoms with Gasteiger partial charge in [-0.2, -0.15) is 13.2 Å². The summed E-state index contributed by atoms with van der Waals surface area (Å²) in [6, 6.07) is 4.61. The van der Waals surface area contributed by atoms with E-state index in [1.807, 2.05) is 0 Å². The second-order valence-electron chi connectivity index (χ2n) is 4.39. The van der Waals surface area contributed by atoms with Gasteiger partial charge in [-0.1, -0.05) is 34.8 Å². The first kappa shape index (κ1) is 17.3. The van der Waals surface area contributed by atoms with Gasteiger partial charge in [0.2, 0.25) is 0 Å². The van der Waals surface area contributed by atoms with Crippen LogP contribution in [0.15, 0.2) is 30.3 Å². The minimum atomic E-state index is -4.77. The highest BCUT2D eigenvalue weighted by atomic mass is 35.5. The maximum absolute atomic E-state index is 12.9. The number of alkyl halides is 5. The van der Waals surface area contributed by atoms with Crippen molar-refractivity contribution in [3.8, 4) is 11.1 Å². The van der Waals surface area contributed by atoms with E-state index in [9.17, 15) is 22.0 Å². The van der Waals surface area contributed by atoms with Gasteiger partial charge in [-0.05, 0) is 35.9 Å². The predicted octanol–water partition coefficient (Wildman–Crippen LogP) is 7.27. The molecule has 0 amide bonds. The zero-order chi connectivity index (χ0) is 16.7. The van der Waals surface area contributed by atoms with Crippen LogP contribution in [0.2, 0.25) is 15.1 Å². The van der Waals surface area contributed by atoms with Gasteiger partial charge < -0.3 is 0 Å². The van der Waals surface area contributed by atoms with Crippen LogP contribution < -0.4 is 0 Å². The molecule has 0 saturated carbocycles. The van der Waals surface area contributed by atoms with Crippen LogP contribution in [0.5, 0.6) is 0 Å². The fourth-order valence-electron chi connectivity index (χ4n) is 1.86. The highest BCUT2D eigenvalue weighted by Crippen LogP contribution is 2.40. The van der Waals surface area contributed by atoms with E-state index in [-0.39, 0.29) is 26.2 Å². The molecule has 0 heterocycles. The quantitative estimate of drug-likeness (QED) is 0.382. The Balaban J connectivity index is 2.73. The Morgan fingerprint density at radius 1 is 0.864 bits per heavy atom. The lowest BCUT2D eigenvalue weighted by atomic mass is 9.99. The number of halogens is 8. The van der Waals surface area contributed by atoms with Crippen LogP contribution in [0.3, 0.4) is 0 Å². The molecule has 0 unspecified atom stereocenters. The summed E-state index contributed by atoms with van der Waals surface area (Å²) in [4.78, 5) is 0. The SMILES string of the molecule is FC(F)c1cc(-c2cc(Cl)cc(Cl)c2Cl)cc(C(F)(F)F)c1. The Morgan fingerprint density at radius 2 is 1.50 bits per heavy atom. The summed E-state index contributed by atoms with van der Waals surface area (Å²) in [5.74, 6) is 0. The van der Waals surface area contributed by atoms with Gasteiger partial charge in [-0.15, -0.1) is 0 Å². The molecule has 0 fully saturated rings. The maximum atomic E-state index is 12.9. The van der Waals surface area contributed by atoms with Crippen molar-refractivity contribution < 1.29 is 22.0 Å². The maximum Gasteiger partial charge on any atom is 0.416 e. The third kappa shape index (κ3) is 3.65. The molecule has 0 aliphatic heterocycles. The van der Waals surface area contributed by atoms with Crippen molar-refractivity contribution in [2.24, 2.45) is 0 Å². The van der Waals surface area contributed by atoms with Crippen LogP contribution in [0.25, 0.3) is 11.1 Å². The first-order valence-electron chi connectivity index (χ1n) is 5.75. The van der Waals surface area contributed by atoms with Crippen molar-refractivity contribution in [3.05, 3.63) is 56.5 Å². The highest BCUT2D eigenvalue weighted by molar-refractivity contribution is 6.45. The minimum absolute atomic E-state index is 0.0141. The molecular weight excluding hydrogens is 370 g/mol. The highest BCUT2D eigenvalue weighted by Gasteiger charge is 2.32. The summed E-state index contributed by atoms with van der Waals surface area (Å²) in [7, 11) is 0. The van der Waals surface area contributed by atoms with Crippen molar-refractivity contribution >= 4 is 34.8 Å². The molecule has 22 heavy (non-hydrogen) atoms. The summed E-state index contributed by atoms with van der Waals surface area (Å²) in [5, 5.41) is 0.0752. The van der Waals surface area contributed by atoms with E-state index in [2.05, 4.69) is 0 Å². The normalized spacial score (nSPS) is 12.0. The molecule has 0 nitrogen and oxygen atoms in total.